The summed E-state index contributed by atoms with van der Waals surface area (Å²) >= 11 is 0. The summed E-state index contributed by atoms with van der Waals surface area (Å²) in [5.74, 6) is -1.13. The van der Waals surface area contributed by atoms with Crippen LogP contribution in [0.4, 0.5) is 18.9 Å². The Kier molecular flexibility index (Phi) is 9.92. The Labute approximate surface area is 210 Å². The van der Waals surface area contributed by atoms with Gasteiger partial charge in [0.25, 0.3) is 0 Å². The summed E-state index contributed by atoms with van der Waals surface area (Å²) in [7, 11) is -4.13. The normalized spacial score (nSPS) is 12.6. The molecule has 1 atom stereocenters. The standard InChI is InChI=1S/C25H32F3N3O4S/c1-5-6-14-29-24(33)19(3)30(16-20-12-10-18(2)11-13-20)23(32)17-31(36(4,34)35)22-9-7-8-21(15-22)25(26,27)28/h7-13,15,19H,5-6,14,16-17H2,1-4H3,(H,29,33). The van der Waals surface area contributed by atoms with E-state index in [9.17, 15) is 31.2 Å². The fraction of sp³-hybridized carbons (Fsp3) is 0.440. The molecule has 0 aliphatic heterocycles. The van der Waals surface area contributed by atoms with Crippen LogP contribution in [0.2, 0.25) is 0 Å². The molecule has 0 aliphatic rings. The second-order valence-electron chi connectivity index (χ2n) is 8.65. The van der Waals surface area contributed by atoms with Gasteiger partial charge in [-0.25, -0.2) is 8.42 Å². The van der Waals surface area contributed by atoms with Crippen molar-refractivity contribution in [2.24, 2.45) is 0 Å². The smallest absolute Gasteiger partial charge is 0.354 e. The number of sulfonamides is 1. The minimum absolute atomic E-state index is 0.0155. The SMILES string of the molecule is CCCCNC(=O)C(C)N(Cc1ccc(C)cc1)C(=O)CN(c1cccc(C(F)(F)F)c1)S(C)(=O)=O. The van der Waals surface area contributed by atoms with Crippen molar-refractivity contribution in [3.8, 4) is 0 Å². The van der Waals surface area contributed by atoms with Crippen LogP contribution in [0, 0.1) is 6.92 Å². The molecule has 0 aliphatic carbocycles. The highest BCUT2D eigenvalue weighted by Crippen LogP contribution is 2.32. The summed E-state index contributed by atoms with van der Waals surface area (Å²) in [5.41, 5.74) is 0.374. The fourth-order valence-corrected chi connectivity index (χ4v) is 4.30. The predicted molar refractivity (Wildman–Crippen MR) is 133 cm³/mol. The first-order valence-electron chi connectivity index (χ1n) is 11.5. The Morgan fingerprint density at radius 3 is 2.28 bits per heavy atom. The highest BCUT2D eigenvalue weighted by Gasteiger charge is 2.33. The lowest BCUT2D eigenvalue weighted by Crippen LogP contribution is -2.51. The number of carbonyl (C=O) groups is 2. The van der Waals surface area contributed by atoms with E-state index >= 15 is 0 Å². The number of rotatable bonds is 11. The van der Waals surface area contributed by atoms with Gasteiger partial charge in [0, 0.05) is 13.1 Å². The lowest BCUT2D eigenvalue weighted by molar-refractivity contribution is -0.139. The predicted octanol–water partition coefficient (Wildman–Crippen LogP) is 4.11. The summed E-state index contributed by atoms with van der Waals surface area (Å²) in [6.07, 6.45) is -2.26. The zero-order chi connectivity index (χ0) is 27.1. The van der Waals surface area contributed by atoms with Gasteiger partial charge in [-0.2, -0.15) is 13.2 Å². The number of hydrogen-bond donors (Lipinski definition) is 1. The van der Waals surface area contributed by atoms with E-state index < -0.39 is 46.2 Å². The first kappa shape index (κ1) is 29.2. The van der Waals surface area contributed by atoms with Gasteiger partial charge >= 0.3 is 6.18 Å². The lowest BCUT2D eigenvalue weighted by atomic mass is 10.1. The third-order valence-electron chi connectivity index (χ3n) is 5.61. The van der Waals surface area contributed by atoms with Gasteiger partial charge in [-0.15, -0.1) is 0 Å². The van der Waals surface area contributed by atoms with Crippen LogP contribution in [0.15, 0.2) is 48.5 Å². The van der Waals surface area contributed by atoms with Crippen LogP contribution in [-0.4, -0.2) is 50.5 Å². The van der Waals surface area contributed by atoms with E-state index in [-0.39, 0.29) is 12.2 Å². The second kappa shape index (κ2) is 12.2. The molecular weight excluding hydrogens is 495 g/mol. The van der Waals surface area contributed by atoms with E-state index in [0.29, 0.717) is 22.5 Å². The Morgan fingerprint density at radius 2 is 1.72 bits per heavy atom. The number of anilines is 1. The highest BCUT2D eigenvalue weighted by molar-refractivity contribution is 7.92. The van der Waals surface area contributed by atoms with Crippen molar-refractivity contribution in [1.29, 1.82) is 0 Å². The first-order valence-corrected chi connectivity index (χ1v) is 13.4. The molecule has 1 N–H and O–H groups in total. The Balaban J connectivity index is 2.39. The van der Waals surface area contributed by atoms with Crippen LogP contribution in [0.25, 0.3) is 0 Å². The minimum Gasteiger partial charge on any atom is -0.354 e. The molecular formula is C25H32F3N3O4S. The molecule has 0 fully saturated rings. The Hall–Kier alpha value is -3.08. The van der Waals surface area contributed by atoms with E-state index in [4.69, 9.17) is 0 Å². The molecule has 0 saturated heterocycles. The third-order valence-corrected chi connectivity index (χ3v) is 6.75. The van der Waals surface area contributed by atoms with E-state index in [1.807, 2.05) is 26.0 Å². The summed E-state index contributed by atoms with van der Waals surface area (Å²) in [6, 6.07) is 10.1. The number of aryl methyl sites for hydroxylation is 1. The van der Waals surface area contributed by atoms with Gasteiger partial charge < -0.3 is 10.2 Å². The van der Waals surface area contributed by atoms with Gasteiger partial charge in [0.15, 0.2) is 0 Å². The van der Waals surface area contributed by atoms with Crippen molar-refractivity contribution in [2.75, 3.05) is 23.7 Å². The molecule has 0 bridgehead atoms. The molecule has 198 valence electrons. The molecule has 2 aromatic rings. The largest absolute Gasteiger partial charge is 0.416 e. The van der Waals surface area contributed by atoms with Gasteiger partial charge in [-0.1, -0.05) is 49.2 Å². The summed E-state index contributed by atoms with van der Waals surface area (Å²) in [5, 5.41) is 2.76. The quantitative estimate of drug-likeness (QED) is 0.446. The third kappa shape index (κ3) is 8.25. The number of halogens is 3. The zero-order valence-corrected chi connectivity index (χ0v) is 21.6. The fourth-order valence-electron chi connectivity index (χ4n) is 3.46. The first-order chi connectivity index (χ1) is 16.7. The van der Waals surface area contributed by atoms with E-state index in [0.717, 1.165) is 36.8 Å². The zero-order valence-electron chi connectivity index (χ0n) is 20.8. The molecule has 2 amide bonds. The van der Waals surface area contributed by atoms with Crippen LogP contribution >= 0.6 is 0 Å². The number of nitrogens with zero attached hydrogens (tertiary/aromatic N) is 2. The average Bonchev–Trinajstić information content (AvgIpc) is 2.80. The number of hydrogen-bond acceptors (Lipinski definition) is 4. The van der Waals surface area contributed by atoms with E-state index in [1.54, 1.807) is 12.1 Å². The van der Waals surface area contributed by atoms with E-state index in [2.05, 4.69) is 5.32 Å². The van der Waals surface area contributed by atoms with Gasteiger partial charge in [0.1, 0.15) is 12.6 Å². The number of unbranched alkanes of at least 4 members (excludes halogenated alkanes) is 1. The van der Waals surface area contributed by atoms with Crippen molar-refractivity contribution >= 4 is 27.5 Å². The molecule has 2 rings (SSSR count). The maximum absolute atomic E-state index is 13.4. The van der Waals surface area contributed by atoms with Crippen molar-refractivity contribution in [2.45, 2.75) is 52.4 Å². The van der Waals surface area contributed by atoms with E-state index in [1.165, 1.54) is 17.9 Å². The molecule has 2 aromatic carbocycles. The van der Waals surface area contributed by atoms with Gasteiger partial charge in [-0.05, 0) is 44.0 Å². The highest BCUT2D eigenvalue weighted by atomic mass is 32.2. The molecule has 0 aromatic heterocycles. The molecule has 7 nitrogen and oxygen atoms in total. The number of benzene rings is 2. The molecule has 0 saturated carbocycles. The molecule has 1 unspecified atom stereocenters. The Morgan fingerprint density at radius 1 is 1.08 bits per heavy atom. The maximum atomic E-state index is 13.4. The number of carbonyl (C=O) groups excluding carboxylic acids is 2. The summed E-state index contributed by atoms with van der Waals surface area (Å²) < 4.78 is 65.3. The van der Waals surface area contributed by atoms with Crippen LogP contribution in [-0.2, 0) is 32.3 Å². The van der Waals surface area contributed by atoms with Crippen molar-refractivity contribution in [1.82, 2.24) is 10.2 Å². The number of nitrogens with one attached hydrogen (secondary N) is 1. The van der Waals surface area contributed by atoms with Crippen LogP contribution in [0.3, 0.4) is 0 Å². The van der Waals surface area contributed by atoms with Crippen LogP contribution < -0.4 is 9.62 Å². The topological polar surface area (TPSA) is 86.8 Å². The molecule has 11 heteroatoms. The minimum atomic E-state index is -4.69. The van der Waals surface area contributed by atoms with Gasteiger partial charge in [-0.3, -0.25) is 13.9 Å². The Bertz CT molecular complexity index is 1150. The van der Waals surface area contributed by atoms with Gasteiger partial charge in [0.05, 0.1) is 17.5 Å². The molecule has 0 spiro atoms. The lowest BCUT2D eigenvalue weighted by Gasteiger charge is -2.31. The maximum Gasteiger partial charge on any atom is 0.416 e. The van der Waals surface area contributed by atoms with Crippen molar-refractivity contribution in [3.63, 3.8) is 0 Å². The van der Waals surface area contributed by atoms with Crippen LogP contribution in [0.1, 0.15) is 43.4 Å². The summed E-state index contributed by atoms with van der Waals surface area (Å²) in [4.78, 5) is 27.4. The summed E-state index contributed by atoms with van der Waals surface area (Å²) in [6.45, 7) is 5.07. The molecule has 36 heavy (non-hydrogen) atoms. The number of alkyl halides is 3. The molecule has 0 heterocycles. The van der Waals surface area contributed by atoms with Crippen molar-refractivity contribution in [3.05, 3.63) is 65.2 Å². The van der Waals surface area contributed by atoms with Crippen molar-refractivity contribution < 1.29 is 31.2 Å². The van der Waals surface area contributed by atoms with Crippen LogP contribution in [0.5, 0.6) is 0 Å². The monoisotopic (exact) mass is 527 g/mol. The second-order valence-corrected chi connectivity index (χ2v) is 10.6. The average molecular weight is 528 g/mol. The number of amides is 2. The van der Waals surface area contributed by atoms with Gasteiger partial charge in [0.2, 0.25) is 21.8 Å². The molecule has 0 radical (unpaired) electrons.